The average Bonchev–Trinajstić information content (AvgIpc) is 3.78. The lowest BCUT2D eigenvalue weighted by atomic mass is 9.95. The first-order valence-corrected chi connectivity index (χ1v) is 17.5. The van der Waals surface area contributed by atoms with Gasteiger partial charge < -0.3 is 4.42 Å². The highest BCUT2D eigenvalue weighted by atomic mass is 16.3. The molecule has 0 aliphatic rings. The van der Waals surface area contributed by atoms with Gasteiger partial charge in [-0.25, -0.2) is 4.98 Å². The Labute approximate surface area is 298 Å². The summed E-state index contributed by atoms with van der Waals surface area (Å²) in [5, 5.41) is 9.12. The zero-order valence-electron chi connectivity index (χ0n) is 27.9. The maximum Gasteiger partial charge on any atom is 0.238 e. The van der Waals surface area contributed by atoms with Gasteiger partial charge in [0.15, 0.2) is 11.6 Å². The molecular weight excluding hydrogens is 637 g/mol. The second-order valence-electron chi connectivity index (χ2n) is 13.2. The van der Waals surface area contributed by atoms with Gasteiger partial charge in [-0.05, 0) is 45.5 Å². The molecular formula is C47H28N4O. The number of aromatic nitrogens is 4. The van der Waals surface area contributed by atoms with Crippen LogP contribution in [0.1, 0.15) is 0 Å². The van der Waals surface area contributed by atoms with E-state index in [4.69, 9.17) is 19.4 Å². The minimum atomic E-state index is 0.559. The van der Waals surface area contributed by atoms with Crippen molar-refractivity contribution in [3.8, 4) is 39.9 Å². The number of rotatable bonds is 4. The summed E-state index contributed by atoms with van der Waals surface area (Å²) in [5.41, 5.74) is 7.92. The van der Waals surface area contributed by atoms with Gasteiger partial charge in [0.2, 0.25) is 5.95 Å². The zero-order chi connectivity index (χ0) is 34.2. The molecule has 242 valence electrons. The van der Waals surface area contributed by atoms with Crippen LogP contribution in [0.25, 0.3) is 105 Å². The molecule has 52 heavy (non-hydrogen) atoms. The van der Waals surface area contributed by atoms with E-state index in [1.54, 1.807) is 0 Å². The molecule has 8 aromatic carbocycles. The fourth-order valence-corrected chi connectivity index (χ4v) is 7.93. The number of furan rings is 1. The molecule has 0 N–H and O–H groups in total. The molecule has 11 rings (SSSR count). The summed E-state index contributed by atoms with van der Waals surface area (Å²) in [4.78, 5) is 15.7. The summed E-state index contributed by atoms with van der Waals surface area (Å²) < 4.78 is 8.72. The minimum Gasteiger partial charge on any atom is -0.456 e. The number of nitrogens with zero attached hydrogens (tertiary/aromatic N) is 4. The van der Waals surface area contributed by atoms with Crippen molar-refractivity contribution in [2.24, 2.45) is 0 Å². The quantitative estimate of drug-likeness (QED) is 0.176. The van der Waals surface area contributed by atoms with Crippen LogP contribution in [-0.4, -0.2) is 19.5 Å². The fraction of sp³-hybridized carbons (Fsp3) is 0. The van der Waals surface area contributed by atoms with Crippen molar-refractivity contribution < 1.29 is 4.42 Å². The second kappa shape index (κ2) is 11.2. The van der Waals surface area contributed by atoms with E-state index >= 15 is 0 Å². The summed E-state index contributed by atoms with van der Waals surface area (Å²) in [6.45, 7) is 0. The maximum absolute atomic E-state index is 6.47. The standard InChI is InChI=1S/C47H28N4O/c1-3-13-29(14-4-1)30-23-25-32(26-24-30)46-48-45(31-15-5-2-6-16-31)49-47(50-46)51-38-27-28-40-41(37-21-11-12-22-39(37)52-40)43(38)42-35-19-9-7-17-33(35)34-18-8-10-20-36(34)44(42)51/h1-28H. The van der Waals surface area contributed by atoms with E-state index in [-0.39, 0.29) is 0 Å². The molecule has 0 bridgehead atoms. The van der Waals surface area contributed by atoms with Gasteiger partial charge in [-0.2, -0.15) is 9.97 Å². The van der Waals surface area contributed by atoms with Gasteiger partial charge in [0.05, 0.1) is 11.0 Å². The molecule has 0 saturated heterocycles. The molecule has 0 fully saturated rings. The third kappa shape index (κ3) is 4.26. The van der Waals surface area contributed by atoms with Crippen LogP contribution in [-0.2, 0) is 0 Å². The summed E-state index contributed by atoms with van der Waals surface area (Å²) >= 11 is 0. The van der Waals surface area contributed by atoms with Gasteiger partial charge in [0.25, 0.3) is 0 Å². The Bertz CT molecular complexity index is 3160. The summed E-state index contributed by atoms with van der Waals surface area (Å²) in [6, 6.07) is 59.0. The van der Waals surface area contributed by atoms with E-state index in [0.717, 1.165) is 71.4 Å². The molecule has 0 amide bonds. The Morgan fingerprint density at radius 3 is 1.58 bits per heavy atom. The van der Waals surface area contributed by atoms with Gasteiger partial charge in [0, 0.05) is 38.1 Å². The molecule has 3 heterocycles. The lowest BCUT2D eigenvalue weighted by Crippen LogP contribution is -2.06. The van der Waals surface area contributed by atoms with Crippen LogP contribution < -0.4 is 0 Å². The first-order chi connectivity index (χ1) is 25.8. The number of hydrogen-bond donors (Lipinski definition) is 0. The monoisotopic (exact) mass is 664 g/mol. The van der Waals surface area contributed by atoms with Crippen LogP contribution in [0.5, 0.6) is 0 Å². The highest BCUT2D eigenvalue weighted by Gasteiger charge is 2.25. The van der Waals surface area contributed by atoms with Crippen molar-refractivity contribution in [2.45, 2.75) is 0 Å². The van der Waals surface area contributed by atoms with Crippen LogP contribution in [0.3, 0.4) is 0 Å². The topological polar surface area (TPSA) is 56.7 Å². The fourth-order valence-electron chi connectivity index (χ4n) is 7.93. The van der Waals surface area contributed by atoms with Crippen LogP contribution in [0.2, 0.25) is 0 Å². The molecule has 0 saturated carbocycles. The molecule has 0 aliphatic carbocycles. The average molecular weight is 665 g/mol. The van der Waals surface area contributed by atoms with Crippen LogP contribution in [0, 0.1) is 0 Å². The largest absolute Gasteiger partial charge is 0.456 e. The van der Waals surface area contributed by atoms with E-state index in [1.807, 2.05) is 36.4 Å². The molecule has 0 atom stereocenters. The van der Waals surface area contributed by atoms with Crippen molar-refractivity contribution >= 4 is 65.3 Å². The lowest BCUT2D eigenvalue weighted by molar-refractivity contribution is 0.669. The van der Waals surface area contributed by atoms with E-state index in [1.165, 1.54) is 16.2 Å². The number of hydrogen-bond acceptors (Lipinski definition) is 4. The Balaban J connectivity index is 1.29. The Morgan fingerprint density at radius 2 is 0.865 bits per heavy atom. The summed E-state index contributed by atoms with van der Waals surface area (Å²) in [6.07, 6.45) is 0. The second-order valence-corrected chi connectivity index (χ2v) is 13.2. The minimum absolute atomic E-state index is 0.559. The van der Waals surface area contributed by atoms with Crippen molar-refractivity contribution in [1.82, 2.24) is 19.5 Å². The van der Waals surface area contributed by atoms with Gasteiger partial charge in [-0.3, -0.25) is 4.57 Å². The van der Waals surface area contributed by atoms with E-state index in [2.05, 4.69) is 138 Å². The molecule has 5 heteroatoms. The SMILES string of the molecule is c1ccc(-c2ccc(-c3nc(-c4ccccc4)nc(-n4c5ccc6oc7ccccc7c6c5c5c6ccccc6c6ccccc6c54)n3)cc2)cc1. The molecule has 11 aromatic rings. The molecule has 0 unspecified atom stereocenters. The predicted molar refractivity (Wildman–Crippen MR) is 213 cm³/mol. The normalized spacial score (nSPS) is 11.8. The van der Waals surface area contributed by atoms with Crippen LogP contribution in [0.15, 0.2) is 174 Å². The summed E-state index contributed by atoms with van der Waals surface area (Å²) in [5.74, 6) is 1.78. The van der Waals surface area contributed by atoms with Gasteiger partial charge in [0.1, 0.15) is 11.2 Å². The zero-order valence-corrected chi connectivity index (χ0v) is 27.9. The first kappa shape index (κ1) is 28.7. The predicted octanol–water partition coefficient (Wildman–Crippen LogP) is 12.2. The third-order valence-electron chi connectivity index (χ3n) is 10.2. The highest BCUT2D eigenvalue weighted by Crippen LogP contribution is 2.46. The van der Waals surface area contributed by atoms with Gasteiger partial charge in [-0.15, -0.1) is 0 Å². The van der Waals surface area contributed by atoms with Crippen molar-refractivity contribution in [1.29, 1.82) is 0 Å². The highest BCUT2D eigenvalue weighted by molar-refractivity contribution is 6.37. The molecule has 0 aliphatic heterocycles. The van der Waals surface area contributed by atoms with Crippen LogP contribution in [0.4, 0.5) is 0 Å². The molecule has 0 spiro atoms. The van der Waals surface area contributed by atoms with Crippen LogP contribution >= 0.6 is 0 Å². The lowest BCUT2D eigenvalue weighted by Gasteiger charge is -2.13. The van der Waals surface area contributed by atoms with Gasteiger partial charge >= 0.3 is 0 Å². The Morgan fingerprint density at radius 1 is 0.346 bits per heavy atom. The molecule has 0 radical (unpaired) electrons. The number of fused-ring (bicyclic) bond motifs is 12. The van der Waals surface area contributed by atoms with Crippen molar-refractivity contribution in [2.75, 3.05) is 0 Å². The van der Waals surface area contributed by atoms with E-state index in [9.17, 15) is 0 Å². The Hall–Kier alpha value is -7.11. The molecule has 5 nitrogen and oxygen atoms in total. The Kier molecular flexibility index (Phi) is 6.18. The van der Waals surface area contributed by atoms with Crippen molar-refractivity contribution in [3.05, 3.63) is 170 Å². The summed E-state index contributed by atoms with van der Waals surface area (Å²) in [7, 11) is 0. The van der Waals surface area contributed by atoms with Gasteiger partial charge in [-0.1, -0.05) is 152 Å². The number of para-hydroxylation sites is 1. The number of benzene rings is 8. The van der Waals surface area contributed by atoms with Crippen molar-refractivity contribution in [3.63, 3.8) is 0 Å². The first-order valence-electron chi connectivity index (χ1n) is 17.5. The molecule has 3 aromatic heterocycles. The smallest absolute Gasteiger partial charge is 0.238 e. The van der Waals surface area contributed by atoms with E-state index in [0.29, 0.717) is 17.6 Å². The third-order valence-corrected chi connectivity index (χ3v) is 10.2. The maximum atomic E-state index is 6.47. The van der Waals surface area contributed by atoms with E-state index < -0.39 is 0 Å².